The van der Waals surface area contributed by atoms with Crippen LogP contribution in [0.1, 0.15) is 35.2 Å². The zero-order valence-electron chi connectivity index (χ0n) is 13.7. The molecule has 0 atom stereocenters. The molecule has 7 nitrogen and oxygen atoms in total. The van der Waals surface area contributed by atoms with E-state index in [-0.39, 0.29) is 35.3 Å². The molecule has 2 heterocycles. The monoisotopic (exact) mass is 354 g/mol. The Hall–Kier alpha value is -1.86. The van der Waals surface area contributed by atoms with Crippen molar-refractivity contribution in [3.63, 3.8) is 0 Å². The molecule has 24 heavy (non-hydrogen) atoms. The van der Waals surface area contributed by atoms with Gasteiger partial charge in [0.25, 0.3) is 11.6 Å². The number of nitrogens with one attached hydrogen (secondary N) is 1. The predicted molar refractivity (Wildman–Crippen MR) is 94.6 cm³/mol. The summed E-state index contributed by atoms with van der Waals surface area (Å²) in [5, 5.41) is 14.5. The number of hydrogen-bond acceptors (Lipinski definition) is 5. The number of amides is 1. The van der Waals surface area contributed by atoms with Crippen LogP contribution in [-0.2, 0) is 0 Å². The molecule has 2 aliphatic heterocycles. The second-order valence-electron chi connectivity index (χ2n) is 6.72. The molecule has 0 unspecified atom stereocenters. The topological polar surface area (TPSA) is 102 Å². The molecule has 1 aromatic rings. The van der Waals surface area contributed by atoms with Gasteiger partial charge in [-0.05, 0) is 49.8 Å². The minimum Gasteiger partial charge on any atom is -0.393 e. The highest BCUT2D eigenvalue weighted by Gasteiger charge is 2.38. The fraction of sp³-hybridized carbons (Fsp3) is 0.562. The molecule has 8 heteroatoms. The van der Waals surface area contributed by atoms with Gasteiger partial charge in [0.1, 0.15) is 5.69 Å². The number of anilines is 1. The van der Waals surface area contributed by atoms with Crippen molar-refractivity contribution in [2.24, 2.45) is 5.41 Å². The number of nitro groups is 1. The number of likely N-dealkylation sites (tertiary alicyclic amines) is 1. The molecule has 0 aliphatic carbocycles. The lowest BCUT2D eigenvalue weighted by atomic mass is 9.77. The molecule has 2 aliphatic rings. The zero-order chi connectivity index (χ0) is 16.6. The molecule has 1 spiro atoms. The van der Waals surface area contributed by atoms with Crippen molar-refractivity contribution in [1.82, 2.24) is 10.2 Å². The highest BCUT2D eigenvalue weighted by molar-refractivity contribution is 6.01. The van der Waals surface area contributed by atoms with E-state index >= 15 is 0 Å². The third-order valence-electron chi connectivity index (χ3n) is 5.17. The summed E-state index contributed by atoms with van der Waals surface area (Å²) in [5.74, 6) is -0.199. The van der Waals surface area contributed by atoms with E-state index in [0.717, 1.165) is 32.4 Å². The molecule has 3 rings (SSSR count). The van der Waals surface area contributed by atoms with Crippen LogP contribution in [0.4, 0.5) is 11.4 Å². The lowest BCUT2D eigenvalue weighted by Gasteiger charge is -2.39. The third kappa shape index (κ3) is 3.32. The van der Waals surface area contributed by atoms with Crippen LogP contribution in [0.3, 0.4) is 0 Å². The number of aryl methyl sites for hydroxylation is 1. The molecule has 0 aromatic heterocycles. The Morgan fingerprint density at radius 3 is 2.54 bits per heavy atom. The first-order chi connectivity index (χ1) is 10.9. The van der Waals surface area contributed by atoms with Crippen molar-refractivity contribution in [1.29, 1.82) is 0 Å². The van der Waals surface area contributed by atoms with Gasteiger partial charge in [-0.25, -0.2) is 0 Å². The summed E-state index contributed by atoms with van der Waals surface area (Å²) in [7, 11) is 0. The van der Waals surface area contributed by atoms with E-state index in [9.17, 15) is 14.9 Å². The molecule has 2 fully saturated rings. The SMILES string of the molecule is Cc1cc(C(=O)N2CCC3(CCNC3)CC2)c(N)c([N+](=O)[O-])c1.Cl. The van der Waals surface area contributed by atoms with Crippen molar-refractivity contribution in [3.05, 3.63) is 33.4 Å². The maximum Gasteiger partial charge on any atom is 0.293 e. The van der Waals surface area contributed by atoms with Crippen molar-refractivity contribution >= 4 is 29.7 Å². The minimum atomic E-state index is -0.533. The molecule has 3 N–H and O–H groups in total. The number of rotatable bonds is 2. The van der Waals surface area contributed by atoms with Crippen LogP contribution in [0, 0.1) is 22.5 Å². The number of carbonyl (C=O) groups is 1. The molecular formula is C16H23ClN4O3. The van der Waals surface area contributed by atoms with E-state index in [2.05, 4.69) is 5.32 Å². The first-order valence-corrected chi connectivity index (χ1v) is 7.96. The molecule has 1 amide bonds. The lowest BCUT2D eigenvalue weighted by molar-refractivity contribution is -0.384. The van der Waals surface area contributed by atoms with Crippen LogP contribution < -0.4 is 11.1 Å². The predicted octanol–water partition coefficient (Wildman–Crippen LogP) is 2.12. The Bertz CT molecular complexity index is 649. The summed E-state index contributed by atoms with van der Waals surface area (Å²) in [5.41, 5.74) is 6.89. The average molecular weight is 355 g/mol. The lowest BCUT2D eigenvalue weighted by Crippen LogP contribution is -2.44. The number of nitrogen functional groups attached to an aromatic ring is 1. The van der Waals surface area contributed by atoms with Gasteiger partial charge in [0, 0.05) is 25.7 Å². The molecule has 0 saturated carbocycles. The number of carbonyl (C=O) groups excluding carboxylic acids is 1. The molecule has 2 saturated heterocycles. The normalized spacial score (nSPS) is 19.1. The minimum absolute atomic E-state index is 0. The Balaban J connectivity index is 0.00000208. The first-order valence-electron chi connectivity index (χ1n) is 7.96. The van der Waals surface area contributed by atoms with Crippen LogP contribution >= 0.6 is 12.4 Å². The summed E-state index contributed by atoms with van der Waals surface area (Å²) < 4.78 is 0. The van der Waals surface area contributed by atoms with Gasteiger partial charge in [-0.1, -0.05) is 0 Å². The summed E-state index contributed by atoms with van der Waals surface area (Å²) in [4.78, 5) is 25.1. The Kier molecular flexibility index (Phi) is 5.35. The zero-order valence-corrected chi connectivity index (χ0v) is 14.5. The van der Waals surface area contributed by atoms with Crippen molar-refractivity contribution in [2.75, 3.05) is 31.9 Å². The van der Waals surface area contributed by atoms with Crippen LogP contribution in [0.15, 0.2) is 12.1 Å². The van der Waals surface area contributed by atoms with Crippen LogP contribution in [-0.4, -0.2) is 41.9 Å². The standard InChI is InChI=1S/C16H22N4O3.ClH/c1-11-8-12(14(17)13(9-11)20(22)23)15(21)19-6-3-16(4-7-19)2-5-18-10-16;/h8-9,18H,2-7,10,17H2,1H3;1H. The Morgan fingerprint density at radius 1 is 1.33 bits per heavy atom. The van der Waals surface area contributed by atoms with E-state index in [1.807, 2.05) is 0 Å². The second kappa shape index (κ2) is 6.94. The second-order valence-corrected chi connectivity index (χ2v) is 6.72. The largest absolute Gasteiger partial charge is 0.393 e. The molecule has 0 radical (unpaired) electrons. The van der Waals surface area contributed by atoms with Gasteiger partial charge in [0.05, 0.1) is 10.5 Å². The number of nitrogens with two attached hydrogens (primary N) is 1. The number of nitrogens with zero attached hydrogens (tertiary/aromatic N) is 2. The van der Waals surface area contributed by atoms with Crippen molar-refractivity contribution in [3.8, 4) is 0 Å². The van der Waals surface area contributed by atoms with Gasteiger partial charge in [0.2, 0.25) is 0 Å². The number of halogens is 1. The Labute approximate surface area is 147 Å². The maximum atomic E-state index is 12.8. The van der Waals surface area contributed by atoms with Crippen LogP contribution in [0.25, 0.3) is 0 Å². The summed E-state index contributed by atoms with van der Waals surface area (Å²) in [6, 6.07) is 3.05. The smallest absolute Gasteiger partial charge is 0.293 e. The van der Waals surface area contributed by atoms with Crippen molar-refractivity contribution < 1.29 is 9.72 Å². The van der Waals surface area contributed by atoms with Crippen molar-refractivity contribution in [2.45, 2.75) is 26.2 Å². The van der Waals surface area contributed by atoms with Gasteiger partial charge in [0.15, 0.2) is 0 Å². The third-order valence-corrected chi connectivity index (χ3v) is 5.17. The van der Waals surface area contributed by atoms with Gasteiger partial charge >= 0.3 is 0 Å². The highest BCUT2D eigenvalue weighted by Crippen LogP contribution is 2.38. The average Bonchev–Trinajstić information content (AvgIpc) is 2.97. The quantitative estimate of drug-likeness (QED) is 0.481. The molecule has 132 valence electrons. The van der Waals surface area contributed by atoms with E-state index in [0.29, 0.717) is 24.1 Å². The molecule has 1 aromatic carbocycles. The fourth-order valence-electron chi connectivity index (χ4n) is 3.68. The van der Waals surface area contributed by atoms with Gasteiger partial charge in [-0.15, -0.1) is 12.4 Å². The van der Waals surface area contributed by atoms with Gasteiger partial charge in [-0.2, -0.15) is 0 Å². The number of benzene rings is 1. The summed E-state index contributed by atoms with van der Waals surface area (Å²) in [6.45, 7) is 5.17. The Morgan fingerprint density at radius 2 is 2.00 bits per heavy atom. The van der Waals surface area contributed by atoms with E-state index in [4.69, 9.17) is 5.73 Å². The molecular weight excluding hydrogens is 332 g/mol. The van der Waals surface area contributed by atoms with E-state index in [1.54, 1.807) is 17.9 Å². The summed E-state index contributed by atoms with van der Waals surface area (Å²) >= 11 is 0. The van der Waals surface area contributed by atoms with Crippen LogP contribution in [0.5, 0.6) is 0 Å². The van der Waals surface area contributed by atoms with Gasteiger partial charge in [-0.3, -0.25) is 14.9 Å². The van der Waals surface area contributed by atoms with E-state index in [1.165, 1.54) is 6.07 Å². The number of nitro benzene ring substituents is 1. The highest BCUT2D eigenvalue weighted by atomic mass is 35.5. The number of hydrogen-bond donors (Lipinski definition) is 2. The van der Waals surface area contributed by atoms with E-state index < -0.39 is 4.92 Å². The van der Waals surface area contributed by atoms with Gasteiger partial charge < -0.3 is 16.0 Å². The fourth-order valence-corrected chi connectivity index (χ4v) is 3.68. The maximum absolute atomic E-state index is 12.8. The van der Waals surface area contributed by atoms with Crippen LogP contribution in [0.2, 0.25) is 0 Å². The number of piperidine rings is 1. The molecule has 0 bridgehead atoms. The first kappa shape index (κ1) is 18.5. The summed E-state index contributed by atoms with van der Waals surface area (Å²) in [6.07, 6.45) is 3.10.